The monoisotopic (exact) mass is 718 g/mol. The van der Waals surface area contributed by atoms with Crippen LogP contribution in [0.2, 0.25) is 0 Å². The molecule has 2 bridgehead atoms. The number of amides is 5. The summed E-state index contributed by atoms with van der Waals surface area (Å²) in [5, 5.41) is 20.9. The molecule has 0 aromatic heterocycles. The Morgan fingerprint density at radius 2 is 1.55 bits per heavy atom. The number of esters is 1. The van der Waals surface area contributed by atoms with Crippen LogP contribution in [0.5, 0.6) is 0 Å². The molecule has 5 amide bonds. The van der Waals surface area contributed by atoms with Gasteiger partial charge in [-0.1, -0.05) is 52.4 Å². The van der Waals surface area contributed by atoms with E-state index < -0.39 is 78.4 Å². The number of hydrogen-bond donors (Lipinski definition) is 6. The average molecular weight is 719 g/mol. The predicted octanol–water partition coefficient (Wildman–Crippen LogP) is 1.27. The van der Waals surface area contributed by atoms with Crippen molar-refractivity contribution in [3.05, 3.63) is 0 Å². The molecule has 0 aromatic rings. The molecule has 0 spiro atoms. The van der Waals surface area contributed by atoms with Crippen LogP contribution in [0.1, 0.15) is 111 Å². The van der Waals surface area contributed by atoms with Gasteiger partial charge in [0.1, 0.15) is 36.8 Å². The van der Waals surface area contributed by atoms with Gasteiger partial charge in [-0.2, -0.15) is 0 Å². The van der Waals surface area contributed by atoms with Crippen LogP contribution < -0.4 is 27.0 Å². The Bertz CT molecular complexity index is 1240. The number of likely N-dealkylation sites (N-methyl/N-ethyl adjacent to an activating group) is 1. The highest BCUT2D eigenvalue weighted by molar-refractivity contribution is 5.96. The molecule has 7 N–H and O–H groups in total. The van der Waals surface area contributed by atoms with Gasteiger partial charge in [0.2, 0.25) is 29.5 Å². The lowest BCUT2D eigenvalue weighted by Crippen LogP contribution is -2.62. The van der Waals surface area contributed by atoms with Gasteiger partial charge < -0.3 is 41.7 Å². The zero-order valence-corrected chi connectivity index (χ0v) is 31.0. The van der Waals surface area contributed by atoms with E-state index >= 15 is 0 Å². The number of nitrogens with zero attached hydrogens (tertiary/aromatic N) is 1. The SMILES string of the molecule is CCC[C@H]1C(=O)N[C@@H](C2CCCCCC2)C(=O)N[C@@H](CN)C(=O)N[C@@H]([C@H](C)O)C(=O)NCC(=O)O[C@H](CCC2CC3CCC2C3)[C@@H](C)C(=O)N1C. The smallest absolute Gasteiger partial charge is 0.325 e. The van der Waals surface area contributed by atoms with E-state index in [2.05, 4.69) is 21.3 Å². The molecule has 0 radical (unpaired) electrons. The number of rotatable bonds is 8. The van der Waals surface area contributed by atoms with Gasteiger partial charge in [0, 0.05) is 13.6 Å². The number of aliphatic hydroxyl groups is 1. The van der Waals surface area contributed by atoms with Gasteiger partial charge in [-0.05, 0) is 82.0 Å². The summed E-state index contributed by atoms with van der Waals surface area (Å²) < 4.78 is 5.91. The fourth-order valence-electron chi connectivity index (χ4n) is 8.85. The normalized spacial score (nSPS) is 34.6. The topological polar surface area (TPSA) is 209 Å². The van der Waals surface area contributed by atoms with Crippen molar-refractivity contribution in [2.24, 2.45) is 35.3 Å². The van der Waals surface area contributed by atoms with E-state index in [4.69, 9.17) is 10.5 Å². The summed E-state index contributed by atoms with van der Waals surface area (Å²) in [5.41, 5.74) is 5.92. The van der Waals surface area contributed by atoms with Gasteiger partial charge in [0.25, 0.3) is 0 Å². The molecule has 3 aliphatic carbocycles. The summed E-state index contributed by atoms with van der Waals surface area (Å²) in [6.45, 7) is 4.06. The summed E-state index contributed by atoms with van der Waals surface area (Å²) >= 11 is 0. The maximum atomic E-state index is 14.2. The molecule has 3 saturated carbocycles. The zero-order valence-electron chi connectivity index (χ0n) is 31.0. The summed E-state index contributed by atoms with van der Waals surface area (Å²) in [6, 6.07) is -4.63. The largest absolute Gasteiger partial charge is 0.460 e. The lowest BCUT2D eigenvalue weighted by atomic mass is 9.83. The molecule has 1 saturated heterocycles. The van der Waals surface area contributed by atoms with E-state index in [1.807, 2.05) is 6.92 Å². The second-order valence-electron chi connectivity index (χ2n) is 15.6. The lowest BCUT2D eigenvalue weighted by Gasteiger charge is -2.34. The van der Waals surface area contributed by atoms with E-state index in [0.29, 0.717) is 43.9 Å². The van der Waals surface area contributed by atoms with Crippen molar-refractivity contribution in [3.8, 4) is 0 Å². The van der Waals surface area contributed by atoms with Gasteiger partial charge in [0.05, 0.1) is 12.0 Å². The summed E-state index contributed by atoms with van der Waals surface area (Å²) in [7, 11) is 1.57. The highest BCUT2D eigenvalue weighted by Crippen LogP contribution is 2.50. The number of aliphatic hydroxyl groups excluding tert-OH is 1. The first-order chi connectivity index (χ1) is 24.3. The molecule has 1 aliphatic heterocycles. The van der Waals surface area contributed by atoms with E-state index in [1.54, 1.807) is 14.0 Å². The number of fused-ring (bicyclic) bond motifs is 2. The van der Waals surface area contributed by atoms with Gasteiger partial charge in [0.15, 0.2) is 0 Å². The Kier molecular flexibility index (Phi) is 15.1. The first kappa shape index (κ1) is 40.5. The van der Waals surface area contributed by atoms with E-state index in [-0.39, 0.29) is 18.4 Å². The molecule has 0 aromatic carbocycles. The highest BCUT2D eigenvalue weighted by Gasteiger charge is 2.42. The maximum Gasteiger partial charge on any atom is 0.325 e. The quantitative estimate of drug-likeness (QED) is 0.158. The van der Waals surface area contributed by atoms with Crippen LogP contribution >= 0.6 is 0 Å². The number of nitrogens with two attached hydrogens (primary N) is 1. The molecule has 51 heavy (non-hydrogen) atoms. The minimum atomic E-state index is -1.46. The molecule has 4 aliphatic rings. The first-order valence-electron chi connectivity index (χ1n) is 19.4. The highest BCUT2D eigenvalue weighted by atomic mass is 16.5. The lowest BCUT2D eigenvalue weighted by molar-refractivity contribution is -0.158. The fraction of sp³-hybridized carbons (Fsp3) is 0.838. The van der Waals surface area contributed by atoms with E-state index in [1.165, 1.54) is 31.1 Å². The Morgan fingerprint density at radius 3 is 2.14 bits per heavy atom. The minimum Gasteiger partial charge on any atom is -0.460 e. The van der Waals surface area contributed by atoms with Crippen LogP contribution in [0.3, 0.4) is 0 Å². The van der Waals surface area contributed by atoms with Gasteiger partial charge in [-0.3, -0.25) is 28.8 Å². The molecule has 1 heterocycles. The number of carbonyl (C=O) groups excluding carboxylic acids is 6. The summed E-state index contributed by atoms with van der Waals surface area (Å²) in [6.07, 6.45) is 10.0. The molecular formula is C37H62N6O8. The van der Waals surface area contributed by atoms with Crippen molar-refractivity contribution in [2.75, 3.05) is 20.1 Å². The number of nitrogens with one attached hydrogen (secondary N) is 4. The number of ether oxygens (including phenoxy) is 1. The van der Waals surface area contributed by atoms with Crippen molar-refractivity contribution in [2.45, 2.75) is 147 Å². The van der Waals surface area contributed by atoms with Crippen LogP contribution in [-0.2, 0) is 33.5 Å². The van der Waals surface area contributed by atoms with Crippen molar-refractivity contribution < 1.29 is 38.6 Å². The maximum absolute atomic E-state index is 14.2. The van der Waals surface area contributed by atoms with Gasteiger partial charge >= 0.3 is 5.97 Å². The third-order valence-corrected chi connectivity index (χ3v) is 11.9. The van der Waals surface area contributed by atoms with E-state index in [0.717, 1.165) is 44.4 Å². The molecule has 4 fully saturated rings. The Morgan fingerprint density at radius 1 is 0.843 bits per heavy atom. The van der Waals surface area contributed by atoms with Crippen molar-refractivity contribution in [3.63, 3.8) is 0 Å². The molecule has 3 unspecified atom stereocenters. The predicted molar refractivity (Wildman–Crippen MR) is 189 cm³/mol. The van der Waals surface area contributed by atoms with E-state index in [9.17, 15) is 33.9 Å². The van der Waals surface area contributed by atoms with Crippen molar-refractivity contribution >= 4 is 35.5 Å². The van der Waals surface area contributed by atoms with Crippen LogP contribution in [0, 0.1) is 29.6 Å². The molecule has 4 rings (SSSR count). The minimum absolute atomic E-state index is 0.208. The zero-order chi connectivity index (χ0) is 37.2. The molecular weight excluding hydrogens is 656 g/mol. The third kappa shape index (κ3) is 10.6. The van der Waals surface area contributed by atoms with Crippen molar-refractivity contribution in [1.29, 1.82) is 0 Å². The Balaban J connectivity index is 1.65. The summed E-state index contributed by atoms with van der Waals surface area (Å²) in [5.74, 6) is -2.95. The van der Waals surface area contributed by atoms with Crippen molar-refractivity contribution in [1.82, 2.24) is 26.2 Å². The average Bonchev–Trinajstić information content (AvgIpc) is 3.64. The summed E-state index contributed by atoms with van der Waals surface area (Å²) in [4.78, 5) is 83.4. The first-order valence-corrected chi connectivity index (χ1v) is 19.4. The third-order valence-electron chi connectivity index (χ3n) is 11.9. The molecule has 288 valence electrons. The molecule has 10 atom stereocenters. The number of cyclic esters (lactones) is 1. The molecule has 14 heteroatoms. The Labute approximate surface area is 302 Å². The van der Waals surface area contributed by atoms with Crippen LogP contribution in [0.4, 0.5) is 0 Å². The van der Waals surface area contributed by atoms with Crippen LogP contribution in [-0.4, -0.2) is 102 Å². The fourth-order valence-corrected chi connectivity index (χ4v) is 8.85. The van der Waals surface area contributed by atoms with Gasteiger partial charge in [-0.15, -0.1) is 0 Å². The van der Waals surface area contributed by atoms with Crippen LogP contribution in [0.25, 0.3) is 0 Å². The van der Waals surface area contributed by atoms with Gasteiger partial charge in [-0.25, -0.2) is 0 Å². The number of hydrogen-bond acceptors (Lipinski definition) is 9. The standard InChI is InChI=1S/C37H62N6O8/c1-5-10-28-34(47)42-32(24-11-8-6-7-9-12-24)36(49)40-27(19-38)33(46)41-31(22(3)44)35(48)39-20-30(45)51-29(21(2)37(50)43(28)4)16-15-26-18-23-13-14-25(26)17-23/h21-29,31-32,44H,5-20,38H2,1-4H3,(H,39,48)(H,40,49)(H,41,46)(H,42,47)/t21-,22+,23?,25?,26?,27+,28+,29-,31+,32+/m1/s1. The Hall–Kier alpha value is -3.26. The number of carbonyl (C=O) groups is 6. The second kappa shape index (κ2) is 19.0. The van der Waals surface area contributed by atoms with Crippen LogP contribution in [0.15, 0.2) is 0 Å². The second-order valence-corrected chi connectivity index (χ2v) is 15.6. The molecule has 14 nitrogen and oxygen atoms in total.